The first-order valence-electron chi connectivity index (χ1n) is 6.18. The Morgan fingerprint density at radius 3 is 2.67 bits per heavy atom. The van der Waals surface area contributed by atoms with Gasteiger partial charge in [-0.2, -0.15) is 4.99 Å². The van der Waals surface area contributed by atoms with E-state index < -0.39 is 0 Å². The molecular weight excluding hydrogens is 228 g/mol. The molecule has 0 aliphatic carbocycles. The molecule has 0 saturated carbocycles. The van der Waals surface area contributed by atoms with Crippen LogP contribution in [-0.2, 0) is 4.79 Å². The summed E-state index contributed by atoms with van der Waals surface area (Å²) in [4.78, 5) is 28.1. The maximum absolute atomic E-state index is 12.3. The maximum Gasteiger partial charge on any atom is 0.256 e. The number of rotatable bonds is 2. The molecule has 0 bridgehead atoms. The van der Waals surface area contributed by atoms with Gasteiger partial charge in [0.2, 0.25) is 6.08 Å². The SMILES string of the molecule is CC1CCN(C(=O)c2ccccc2N=C=O)CC1. The Bertz CT molecular complexity index is 484. The molecule has 0 spiro atoms. The third-order valence-electron chi connectivity index (χ3n) is 3.37. The second-order valence-electron chi connectivity index (χ2n) is 4.69. The number of likely N-dealkylation sites (tertiary alicyclic amines) is 1. The minimum atomic E-state index is -0.0449. The first-order valence-corrected chi connectivity index (χ1v) is 6.18. The largest absolute Gasteiger partial charge is 0.339 e. The summed E-state index contributed by atoms with van der Waals surface area (Å²) >= 11 is 0. The van der Waals surface area contributed by atoms with Crippen molar-refractivity contribution in [3.8, 4) is 0 Å². The summed E-state index contributed by atoms with van der Waals surface area (Å²) in [6.07, 6.45) is 3.56. The highest BCUT2D eigenvalue weighted by Gasteiger charge is 2.22. The number of piperidine rings is 1. The highest BCUT2D eigenvalue weighted by molar-refractivity contribution is 5.99. The van der Waals surface area contributed by atoms with E-state index in [1.807, 2.05) is 4.90 Å². The zero-order chi connectivity index (χ0) is 13.0. The number of nitrogens with zero attached hydrogens (tertiary/aromatic N) is 2. The van der Waals surface area contributed by atoms with Gasteiger partial charge in [0.1, 0.15) is 0 Å². The third kappa shape index (κ3) is 2.66. The van der Waals surface area contributed by atoms with E-state index in [4.69, 9.17) is 0 Å². The Balaban J connectivity index is 2.21. The summed E-state index contributed by atoms with van der Waals surface area (Å²) in [5, 5.41) is 0. The molecule has 2 rings (SSSR count). The summed E-state index contributed by atoms with van der Waals surface area (Å²) in [6.45, 7) is 3.75. The monoisotopic (exact) mass is 244 g/mol. The Morgan fingerprint density at radius 2 is 2.00 bits per heavy atom. The van der Waals surface area contributed by atoms with E-state index in [2.05, 4.69) is 11.9 Å². The molecule has 0 N–H and O–H groups in total. The molecule has 1 aliphatic rings. The van der Waals surface area contributed by atoms with E-state index in [1.54, 1.807) is 24.3 Å². The molecule has 4 nitrogen and oxygen atoms in total. The van der Waals surface area contributed by atoms with Crippen molar-refractivity contribution < 1.29 is 9.59 Å². The van der Waals surface area contributed by atoms with Crippen molar-refractivity contribution in [2.24, 2.45) is 10.9 Å². The lowest BCUT2D eigenvalue weighted by molar-refractivity contribution is 0.0698. The fourth-order valence-electron chi connectivity index (χ4n) is 2.18. The number of aliphatic imine (C=N–C) groups is 1. The lowest BCUT2D eigenvalue weighted by atomic mass is 9.98. The Hall–Kier alpha value is -1.93. The summed E-state index contributed by atoms with van der Waals surface area (Å²) in [6, 6.07) is 6.90. The van der Waals surface area contributed by atoms with E-state index in [1.165, 1.54) is 6.08 Å². The number of hydrogen-bond donors (Lipinski definition) is 0. The zero-order valence-corrected chi connectivity index (χ0v) is 10.4. The normalized spacial score (nSPS) is 16.2. The van der Waals surface area contributed by atoms with Crippen LogP contribution in [0.4, 0.5) is 5.69 Å². The van der Waals surface area contributed by atoms with Crippen LogP contribution in [0.3, 0.4) is 0 Å². The predicted molar refractivity (Wildman–Crippen MR) is 68.5 cm³/mol. The van der Waals surface area contributed by atoms with Crippen molar-refractivity contribution in [2.75, 3.05) is 13.1 Å². The van der Waals surface area contributed by atoms with Crippen LogP contribution in [0.25, 0.3) is 0 Å². The number of isocyanates is 1. The molecule has 1 aromatic carbocycles. The first-order chi connectivity index (χ1) is 8.72. The van der Waals surface area contributed by atoms with Crippen molar-refractivity contribution >= 4 is 17.7 Å². The van der Waals surface area contributed by atoms with Crippen molar-refractivity contribution in [3.63, 3.8) is 0 Å². The van der Waals surface area contributed by atoms with Crippen LogP contribution in [0.15, 0.2) is 29.3 Å². The number of carbonyl (C=O) groups excluding carboxylic acids is 2. The highest BCUT2D eigenvalue weighted by atomic mass is 16.2. The van der Waals surface area contributed by atoms with Crippen molar-refractivity contribution in [1.29, 1.82) is 0 Å². The van der Waals surface area contributed by atoms with Crippen LogP contribution in [0.2, 0.25) is 0 Å². The molecule has 1 aromatic rings. The number of hydrogen-bond acceptors (Lipinski definition) is 3. The predicted octanol–water partition coefficient (Wildman–Crippen LogP) is 2.53. The van der Waals surface area contributed by atoms with Gasteiger partial charge in [-0.3, -0.25) is 4.79 Å². The van der Waals surface area contributed by atoms with Gasteiger partial charge in [0, 0.05) is 13.1 Å². The summed E-state index contributed by atoms with van der Waals surface area (Å²) < 4.78 is 0. The van der Waals surface area contributed by atoms with Gasteiger partial charge in [-0.1, -0.05) is 19.1 Å². The maximum atomic E-state index is 12.3. The van der Waals surface area contributed by atoms with Gasteiger partial charge in [-0.15, -0.1) is 0 Å². The molecular formula is C14H16N2O2. The molecule has 4 heteroatoms. The first kappa shape index (κ1) is 12.5. The summed E-state index contributed by atoms with van der Waals surface area (Å²) in [7, 11) is 0. The molecule has 0 aromatic heterocycles. The van der Waals surface area contributed by atoms with Crippen molar-refractivity contribution in [3.05, 3.63) is 29.8 Å². The molecule has 0 radical (unpaired) electrons. The quantitative estimate of drug-likeness (QED) is 0.593. The topological polar surface area (TPSA) is 49.7 Å². The Morgan fingerprint density at radius 1 is 1.33 bits per heavy atom. The van der Waals surface area contributed by atoms with Gasteiger partial charge in [0.15, 0.2) is 0 Å². The lowest BCUT2D eigenvalue weighted by Crippen LogP contribution is -2.37. The average molecular weight is 244 g/mol. The molecule has 1 fully saturated rings. The van der Waals surface area contributed by atoms with Gasteiger partial charge in [-0.25, -0.2) is 4.79 Å². The standard InChI is InChI=1S/C14H16N2O2/c1-11-6-8-16(9-7-11)14(18)12-4-2-3-5-13(12)15-10-17/h2-5,11H,6-9H2,1H3. The molecule has 18 heavy (non-hydrogen) atoms. The Labute approximate surface area is 106 Å². The van der Waals surface area contributed by atoms with Crippen LogP contribution < -0.4 is 0 Å². The molecule has 1 heterocycles. The van der Waals surface area contributed by atoms with Gasteiger partial charge < -0.3 is 4.90 Å². The van der Waals surface area contributed by atoms with Gasteiger partial charge >= 0.3 is 0 Å². The molecule has 1 saturated heterocycles. The van der Waals surface area contributed by atoms with Crippen LogP contribution in [-0.4, -0.2) is 30.0 Å². The second kappa shape index (κ2) is 5.61. The molecule has 1 aliphatic heterocycles. The minimum absolute atomic E-state index is 0.0449. The smallest absolute Gasteiger partial charge is 0.256 e. The average Bonchev–Trinajstić information content (AvgIpc) is 2.40. The van der Waals surface area contributed by atoms with Crippen LogP contribution >= 0.6 is 0 Å². The molecule has 94 valence electrons. The van der Waals surface area contributed by atoms with Crippen LogP contribution in [0, 0.1) is 5.92 Å². The Kier molecular flexibility index (Phi) is 3.90. The van der Waals surface area contributed by atoms with Crippen LogP contribution in [0.5, 0.6) is 0 Å². The van der Waals surface area contributed by atoms with Crippen LogP contribution in [0.1, 0.15) is 30.1 Å². The lowest BCUT2D eigenvalue weighted by Gasteiger charge is -2.30. The van der Waals surface area contributed by atoms with Gasteiger partial charge in [0.25, 0.3) is 5.91 Å². The van der Waals surface area contributed by atoms with Gasteiger partial charge in [-0.05, 0) is 30.9 Å². The summed E-state index contributed by atoms with van der Waals surface area (Å²) in [5.41, 5.74) is 0.881. The zero-order valence-electron chi connectivity index (χ0n) is 10.4. The van der Waals surface area contributed by atoms with E-state index in [-0.39, 0.29) is 5.91 Å². The minimum Gasteiger partial charge on any atom is -0.339 e. The van der Waals surface area contributed by atoms with Crippen molar-refractivity contribution in [1.82, 2.24) is 4.90 Å². The highest BCUT2D eigenvalue weighted by Crippen LogP contribution is 2.23. The van der Waals surface area contributed by atoms with E-state index in [0.29, 0.717) is 17.2 Å². The fraction of sp³-hybridized carbons (Fsp3) is 0.429. The van der Waals surface area contributed by atoms with E-state index >= 15 is 0 Å². The molecule has 1 amide bonds. The second-order valence-corrected chi connectivity index (χ2v) is 4.69. The summed E-state index contributed by atoms with van der Waals surface area (Å²) in [5.74, 6) is 0.633. The van der Waals surface area contributed by atoms with Crippen molar-refractivity contribution in [2.45, 2.75) is 19.8 Å². The van der Waals surface area contributed by atoms with E-state index in [9.17, 15) is 9.59 Å². The van der Waals surface area contributed by atoms with Gasteiger partial charge in [0.05, 0.1) is 11.3 Å². The van der Waals surface area contributed by atoms with E-state index in [0.717, 1.165) is 25.9 Å². The number of amides is 1. The number of carbonyl (C=O) groups is 1. The number of para-hydroxylation sites is 1. The fourth-order valence-corrected chi connectivity index (χ4v) is 2.18. The molecule has 0 atom stereocenters. The number of benzene rings is 1. The molecule has 0 unspecified atom stereocenters. The third-order valence-corrected chi connectivity index (χ3v) is 3.37.